The number of carbonyl (C=O) groups excluding carboxylic acids is 2. The van der Waals surface area contributed by atoms with Crippen LogP contribution in [0.3, 0.4) is 0 Å². The molecule has 4 rings (SSSR count). The summed E-state index contributed by atoms with van der Waals surface area (Å²) in [6.45, 7) is 5.59. The third-order valence-corrected chi connectivity index (χ3v) is 8.57. The summed E-state index contributed by atoms with van der Waals surface area (Å²) in [5.74, 6) is 0.832. The first kappa shape index (κ1) is 30.4. The summed E-state index contributed by atoms with van der Waals surface area (Å²) in [6, 6.07) is 26.0. The molecule has 3 aromatic rings. The summed E-state index contributed by atoms with van der Waals surface area (Å²) in [6.07, 6.45) is -0.00141. The van der Waals surface area contributed by atoms with Crippen LogP contribution in [-0.4, -0.2) is 48.0 Å². The van der Waals surface area contributed by atoms with Crippen molar-refractivity contribution in [2.75, 3.05) is 25.4 Å². The first-order chi connectivity index (χ1) is 20.0. The van der Waals surface area contributed by atoms with E-state index in [9.17, 15) is 9.59 Å². The van der Waals surface area contributed by atoms with Crippen molar-refractivity contribution < 1.29 is 19.1 Å². The summed E-state index contributed by atoms with van der Waals surface area (Å²) in [5.41, 5.74) is 5.70. The van der Waals surface area contributed by atoms with Crippen LogP contribution in [0, 0.1) is 5.92 Å². The molecule has 2 atom stereocenters. The van der Waals surface area contributed by atoms with E-state index in [1.165, 1.54) is 34.0 Å². The molecule has 0 radical (unpaired) electrons. The third-order valence-electron chi connectivity index (χ3n) is 7.26. The van der Waals surface area contributed by atoms with Gasteiger partial charge < -0.3 is 25.4 Å². The number of carbonyl (C=O) groups is 2. The van der Waals surface area contributed by atoms with Crippen molar-refractivity contribution in [1.82, 2.24) is 16.0 Å². The number of hydrogen-bond donors (Lipinski definition) is 3. The maximum atomic E-state index is 12.9. The molecule has 0 fully saturated rings. The second-order valence-electron chi connectivity index (χ2n) is 9.97. The summed E-state index contributed by atoms with van der Waals surface area (Å²) in [7, 11) is 0. The maximum absolute atomic E-state index is 12.9. The molecule has 1 unspecified atom stereocenters. The normalized spacial score (nSPS) is 13.3. The predicted molar refractivity (Wildman–Crippen MR) is 169 cm³/mol. The number of hydrogen-bond acceptors (Lipinski definition) is 6. The fourth-order valence-electron chi connectivity index (χ4n) is 4.79. The van der Waals surface area contributed by atoms with Crippen molar-refractivity contribution in [1.29, 1.82) is 0 Å². The van der Waals surface area contributed by atoms with Gasteiger partial charge in [0.25, 0.3) is 0 Å². The van der Waals surface area contributed by atoms with Crippen molar-refractivity contribution in [3.05, 3.63) is 95.6 Å². The molecule has 0 heterocycles. The largest absolute Gasteiger partial charge is 0.449 e. The van der Waals surface area contributed by atoms with E-state index >= 15 is 0 Å². The second-order valence-corrected chi connectivity index (χ2v) is 11.7. The highest BCUT2D eigenvalue weighted by atomic mass is 32.2. The minimum atomic E-state index is -0.461. The van der Waals surface area contributed by atoms with E-state index in [4.69, 9.17) is 21.7 Å². The van der Waals surface area contributed by atoms with Gasteiger partial charge in [0, 0.05) is 24.8 Å². The lowest BCUT2D eigenvalue weighted by Crippen LogP contribution is -2.47. The summed E-state index contributed by atoms with van der Waals surface area (Å²) >= 11 is 6.90. The Labute approximate surface area is 251 Å². The highest BCUT2D eigenvalue weighted by Gasteiger charge is 2.29. The lowest BCUT2D eigenvalue weighted by atomic mass is 9.98. The molecule has 0 saturated heterocycles. The molecule has 3 aromatic carbocycles. The number of nitrogens with one attached hydrogen (secondary N) is 3. The average molecular weight is 592 g/mol. The van der Waals surface area contributed by atoms with Crippen LogP contribution in [-0.2, 0) is 16.1 Å². The average Bonchev–Trinajstić information content (AvgIpc) is 3.33. The molecule has 1 aliphatic carbocycles. The van der Waals surface area contributed by atoms with Gasteiger partial charge in [-0.2, -0.15) is 0 Å². The maximum Gasteiger partial charge on any atom is 0.407 e. The van der Waals surface area contributed by atoms with E-state index in [1.54, 1.807) is 0 Å². The van der Waals surface area contributed by atoms with Crippen molar-refractivity contribution in [2.45, 2.75) is 38.8 Å². The Kier molecular flexibility index (Phi) is 11.5. The summed E-state index contributed by atoms with van der Waals surface area (Å²) in [4.78, 5) is 24.8. The molecule has 0 spiro atoms. The smallest absolute Gasteiger partial charge is 0.407 e. The van der Waals surface area contributed by atoms with Crippen molar-refractivity contribution in [3.8, 4) is 11.1 Å². The van der Waals surface area contributed by atoms with E-state index in [-0.39, 0.29) is 31.1 Å². The molecule has 0 bridgehead atoms. The molecule has 7 nitrogen and oxygen atoms in total. The molecule has 2 amide bonds. The fraction of sp³-hybridized carbons (Fsp3) is 0.344. The molecule has 0 aromatic heterocycles. The van der Waals surface area contributed by atoms with Crippen LogP contribution in [0.1, 0.15) is 42.9 Å². The van der Waals surface area contributed by atoms with Gasteiger partial charge in [-0.15, -0.1) is 0 Å². The Bertz CT molecular complexity index is 1280. The van der Waals surface area contributed by atoms with E-state index in [1.807, 2.05) is 54.6 Å². The van der Waals surface area contributed by atoms with Crippen molar-refractivity contribution >= 4 is 40.5 Å². The lowest BCUT2D eigenvalue weighted by Gasteiger charge is -2.25. The van der Waals surface area contributed by atoms with Crippen LogP contribution in [0.4, 0.5) is 9.59 Å². The molecule has 216 valence electrons. The number of ether oxygens (including phenoxy) is 2. The topological polar surface area (TPSA) is 88.7 Å². The molecule has 0 aliphatic heterocycles. The minimum Gasteiger partial charge on any atom is -0.449 e. The molecule has 9 heteroatoms. The zero-order chi connectivity index (χ0) is 29.0. The molecule has 3 N–H and O–H groups in total. The third kappa shape index (κ3) is 8.71. The van der Waals surface area contributed by atoms with Crippen LogP contribution in [0.5, 0.6) is 0 Å². The highest BCUT2D eigenvalue weighted by molar-refractivity contribution is 8.22. The summed E-state index contributed by atoms with van der Waals surface area (Å²) in [5, 5.41) is 9.01. The van der Waals surface area contributed by atoms with Gasteiger partial charge >= 0.3 is 12.2 Å². The van der Waals surface area contributed by atoms with Crippen molar-refractivity contribution in [3.63, 3.8) is 0 Å². The Hall–Kier alpha value is -3.56. The van der Waals surface area contributed by atoms with E-state index in [0.29, 0.717) is 23.2 Å². The number of thiocarbonyl (C=S) groups is 1. The summed E-state index contributed by atoms with van der Waals surface area (Å²) < 4.78 is 11.6. The minimum absolute atomic E-state index is 0.0153. The molecule has 0 saturated carbocycles. The van der Waals surface area contributed by atoms with Crippen LogP contribution in [0.2, 0.25) is 0 Å². The highest BCUT2D eigenvalue weighted by Crippen LogP contribution is 2.44. The Morgan fingerprint density at radius 1 is 0.878 bits per heavy atom. The van der Waals surface area contributed by atoms with Crippen molar-refractivity contribution in [2.24, 2.45) is 5.92 Å². The van der Waals surface area contributed by atoms with E-state index < -0.39 is 12.2 Å². The van der Waals surface area contributed by atoms with Gasteiger partial charge in [-0.3, -0.25) is 0 Å². The van der Waals surface area contributed by atoms with Gasteiger partial charge in [-0.25, -0.2) is 9.59 Å². The molecule has 41 heavy (non-hydrogen) atoms. The number of thioether (sulfide) groups is 1. The molecular formula is C32H37N3O4S2. The van der Waals surface area contributed by atoms with Gasteiger partial charge in [0.15, 0.2) is 0 Å². The number of fused-ring (bicyclic) bond motifs is 3. The zero-order valence-corrected chi connectivity index (χ0v) is 25.1. The second kappa shape index (κ2) is 15.4. The van der Waals surface area contributed by atoms with Crippen LogP contribution < -0.4 is 16.0 Å². The van der Waals surface area contributed by atoms with Gasteiger partial charge in [0.2, 0.25) is 0 Å². The van der Waals surface area contributed by atoms with Crippen LogP contribution in [0.15, 0.2) is 78.9 Å². The monoisotopic (exact) mass is 591 g/mol. The standard InChI is InChI=1S/C32H37N3O4S2/c1-3-22(2)29(19-34-32(40)41-18-17-33-30(36)38-20-23-11-5-4-6-12-23)35-31(37)39-21-28-26-15-9-7-13-24(26)25-14-8-10-16-27(25)28/h4-16,22,28-29H,3,17-21H2,1-2H3,(H,33,36)(H,34,40)(H,35,37)/t22?,29-/m1/s1. The van der Waals surface area contributed by atoms with E-state index in [2.05, 4.69) is 54.1 Å². The van der Waals surface area contributed by atoms with Crippen LogP contribution >= 0.6 is 24.0 Å². The number of alkyl carbamates (subject to hydrolysis) is 2. The first-order valence-corrected chi connectivity index (χ1v) is 15.3. The fourth-order valence-corrected chi connectivity index (χ4v) is 5.69. The quantitative estimate of drug-likeness (QED) is 0.164. The Balaban J connectivity index is 1.18. The van der Waals surface area contributed by atoms with Gasteiger partial charge in [-0.05, 0) is 33.7 Å². The Morgan fingerprint density at radius 2 is 1.51 bits per heavy atom. The van der Waals surface area contributed by atoms with Gasteiger partial charge in [0.05, 0.1) is 6.04 Å². The zero-order valence-electron chi connectivity index (χ0n) is 23.4. The van der Waals surface area contributed by atoms with E-state index in [0.717, 1.165) is 12.0 Å². The lowest BCUT2D eigenvalue weighted by molar-refractivity contribution is 0.135. The number of benzene rings is 3. The number of amides is 2. The number of rotatable bonds is 12. The first-order valence-electron chi connectivity index (χ1n) is 13.9. The molecular weight excluding hydrogens is 555 g/mol. The van der Waals surface area contributed by atoms with Gasteiger partial charge in [-0.1, -0.05) is 123 Å². The predicted octanol–water partition coefficient (Wildman–Crippen LogP) is 6.47. The SMILES string of the molecule is CCC(C)[C@@H](CNC(=S)SCCNC(=O)OCc1ccccc1)NC(=O)OCC1c2ccccc2-c2ccccc21. The Morgan fingerprint density at radius 3 is 2.17 bits per heavy atom. The molecule has 1 aliphatic rings. The van der Waals surface area contributed by atoms with Crippen LogP contribution in [0.25, 0.3) is 11.1 Å². The van der Waals surface area contributed by atoms with Gasteiger partial charge in [0.1, 0.15) is 17.5 Å².